The molecule has 3 unspecified atom stereocenters. The maximum atomic E-state index is 9.67. The van der Waals surface area contributed by atoms with Gasteiger partial charge < -0.3 is 15.5 Å². The van der Waals surface area contributed by atoms with Crippen molar-refractivity contribution in [2.24, 2.45) is 5.92 Å². The summed E-state index contributed by atoms with van der Waals surface area (Å²) in [6, 6.07) is 7.95. The summed E-state index contributed by atoms with van der Waals surface area (Å²) in [5.41, 5.74) is 1.27. The summed E-state index contributed by atoms with van der Waals surface area (Å²) in [6.07, 6.45) is 6.39. The Morgan fingerprint density at radius 1 is 1.25 bits per heavy atom. The fourth-order valence-electron chi connectivity index (χ4n) is 2.96. The Bertz CT molecular complexity index is 390. The van der Waals surface area contributed by atoms with Crippen molar-refractivity contribution in [3.05, 3.63) is 29.8 Å². The molecule has 1 aromatic rings. The van der Waals surface area contributed by atoms with Crippen LogP contribution in [0.5, 0.6) is 5.75 Å². The molecule has 1 aliphatic carbocycles. The third kappa shape index (κ3) is 5.14. The Kier molecular flexibility index (Phi) is 5.86. The predicted molar refractivity (Wildman–Crippen MR) is 81.9 cm³/mol. The third-order valence-corrected chi connectivity index (χ3v) is 4.31. The molecule has 0 aromatic heterocycles. The lowest BCUT2D eigenvalue weighted by Crippen LogP contribution is -2.34. The number of nitrogens with one attached hydrogen (secondary N) is 1. The lowest BCUT2D eigenvalue weighted by molar-refractivity contribution is 0.0997. The number of aromatic hydroxyl groups is 1. The predicted octanol–water partition coefficient (Wildman–Crippen LogP) is 2.85. The second-order valence-corrected chi connectivity index (χ2v) is 6.20. The Morgan fingerprint density at radius 3 is 2.70 bits per heavy atom. The van der Waals surface area contributed by atoms with Gasteiger partial charge in [0.15, 0.2) is 0 Å². The van der Waals surface area contributed by atoms with Gasteiger partial charge in [0, 0.05) is 6.04 Å². The minimum absolute atomic E-state index is 0.0807. The van der Waals surface area contributed by atoms with E-state index in [1.807, 2.05) is 12.1 Å². The molecule has 0 bridgehead atoms. The molecule has 3 atom stereocenters. The Labute approximate surface area is 122 Å². The lowest BCUT2D eigenvalue weighted by Gasteiger charge is -2.27. The van der Waals surface area contributed by atoms with Gasteiger partial charge in [-0.3, -0.25) is 0 Å². The van der Waals surface area contributed by atoms with Crippen LogP contribution >= 0.6 is 0 Å². The zero-order valence-electron chi connectivity index (χ0n) is 12.4. The molecule has 3 heteroatoms. The first kappa shape index (κ1) is 15.3. The van der Waals surface area contributed by atoms with Crippen LogP contribution in [0.4, 0.5) is 0 Å². The lowest BCUT2D eigenvalue weighted by atomic mass is 9.87. The van der Waals surface area contributed by atoms with Crippen LogP contribution in [0.15, 0.2) is 24.3 Å². The highest BCUT2D eigenvalue weighted by Crippen LogP contribution is 2.23. The van der Waals surface area contributed by atoms with E-state index in [2.05, 4.69) is 12.2 Å². The van der Waals surface area contributed by atoms with Crippen LogP contribution in [0.3, 0.4) is 0 Å². The van der Waals surface area contributed by atoms with E-state index in [4.69, 9.17) is 0 Å². The zero-order valence-corrected chi connectivity index (χ0v) is 12.4. The van der Waals surface area contributed by atoms with Crippen LogP contribution in [-0.4, -0.2) is 28.9 Å². The Hall–Kier alpha value is -1.06. The normalized spacial score (nSPS) is 24.5. The highest BCUT2D eigenvalue weighted by atomic mass is 16.3. The van der Waals surface area contributed by atoms with Gasteiger partial charge in [0.25, 0.3) is 0 Å². The molecule has 0 amide bonds. The average molecular weight is 277 g/mol. The quantitative estimate of drug-likeness (QED) is 0.749. The topological polar surface area (TPSA) is 52.5 Å². The summed E-state index contributed by atoms with van der Waals surface area (Å²) < 4.78 is 0. The smallest absolute Gasteiger partial charge is 0.115 e. The number of aliphatic hydroxyl groups is 1. The Morgan fingerprint density at radius 2 is 2.00 bits per heavy atom. The van der Waals surface area contributed by atoms with Crippen molar-refractivity contribution in [2.75, 3.05) is 6.54 Å². The number of benzene rings is 1. The molecule has 0 aliphatic heterocycles. The molecule has 0 saturated heterocycles. The summed E-state index contributed by atoms with van der Waals surface area (Å²) in [5.74, 6) is 0.964. The fraction of sp³-hybridized carbons (Fsp3) is 0.647. The minimum Gasteiger partial charge on any atom is -0.508 e. The van der Waals surface area contributed by atoms with Crippen LogP contribution < -0.4 is 5.32 Å². The number of phenols is 1. The molecule has 112 valence electrons. The summed E-state index contributed by atoms with van der Waals surface area (Å²) in [6.45, 7) is 3.24. The summed E-state index contributed by atoms with van der Waals surface area (Å²) in [7, 11) is 0. The van der Waals surface area contributed by atoms with Gasteiger partial charge in [-0.05, 0) is 69.2 Å². The highest BCUT2D eigenvalue weighted by molar-refractivity contribution is 5.25. The first-order chi connectivity index (χ1) is 9.63. The van der Waals surface area contributed by atoms with E-state index in [-0.39, 0.29) is 6.10 Å². The fourth-order valence-corrected chi connectivity index (χ4v) is 2.96. The van der Waals surface area contributed by atoms with Crippen LogP contribution in [0, 0.1) is 5.92 Å². The van der Waals surface area contributed by atoms with Crippen molar-refractivity contribution in [3.8, 4) is 5.75 Å². The van der Waals surface area contributed by atoms with E-state index in [1.54, 1.807) is 12.1 Å². The summed E-state index contributed by atoms with van der Waals surface area (Å²) >= 11 is 0. The summed E-state index contributed by atoms with van der Waals surface area (Å²) in [5, 5.41) is 22.5. The van der Waals surface area contributed by atoms with Crippen LogP contribution in [0.2, 0.25) is 0 Å². The largest absolute Gasteiger partial charge is 0.508 e. The maximum Gasteiger partial charge on any atom is 0.115 e. The first-order valence-corrected chi connectivity index (χ1v) is 7.83. The van der Waals surface area contributed by atoms with E-state index >= 15 is 0 Å². The number of hydrogen-bond donors (Lipinski definition) is 3. The molecular formula is C17H27NO2. The van der Waals surface area contributed by atoms with E-state index in [1.165, 1.54) is 12.0 Å². The van der Waals surface area contributed by atoms with Crippen molar-refractivity contribution < 1.29 is 10.2 Å². The first-order valence-electron chi connectivity index (χ1n) is 7.83. The third-order valence-electron chi connectivity index (χ3n) is 4.31. The van der Waals surface area contributed by atoms with Gasteiger partial charge in [-0.25, -0.2) is 0 Å². The van der Waals surface area contributed by atoms with E-state index in [0.29, 0.717) is 17.7 Å². The van der Waals surface area contributed by atoms with Crippen LogP contribution in [-0.2, 0) is 6.42 Å². The molecule has 1 fully saturated rings. The van der Waals surface area contributed by atoms with Crippen molar-refractivity contribution in [3.63, 3.8) is 0 Å². The van der Waals surface area contributed by atoms with E-state index < -0.39 is 0 Å². The molecule has 3 N–H and O–H groups in total. The second kappa shape index (κ2) is 7.65. The molecule has 0 spiro atoms. The minimum atomic E-state index is -0.0807. The Balaban J connectivity index is 1.65. The van der Waals surface area contributed by atoms with Gasteiger partial charge in [0.05, 0.1) is 6.10 Å². The van der Waals surface area contributed by atoms with Crippen molar-refractivity contribution in [1.29, 1.82) is 0 Å². The van der Waals surface area contributed by atoms with Gasteiger partial charge in [-0.15, -0.1) is 0 Å². The van der Waals surface area contributed by atoms with Crippen molar-refractivity contribution in [1.82, 2.24) is 5.32 Å². The molecule has 0 radical (unpaired) electrons. The van der Waals surface area contributed by atoms with E-state index in [9.17, 15) is 10.2 Å². The summed E-state index contributed by atoms with van der Waals surface area (Å²) in [4.78, 5) is 0. The van der Waals surface area contributed by atoms with Crippen LogP contribution in [0.25, 0.3) is 0 Å². The molecule has 20 heavy (non-hydrogen) atoms. The molecule has 1 aliphatic rings. The SMILES string of the molecule is CC(CCc1ccc(O)cc1)NCC1CCCC(O)C1. The number of aliphatic hydroxyl groups excluding tert-OH is 1. The van der Waals surface area contributed by atoms with Gasteiger partial charge >= 0.3 is 0 Å². The molecule has 3 nitrogen and oxygen atoms in total. The number of rotatable bonds is 6. The highest BCUT2D eigenvalue weighted by Gasteiger charge is 2.20. The van der Waals surface area contributed by atoms with Crippen molar-refractivity contribution >= 4 is 0 Å². The molecule has 0 heterocycles. The number of phenolic OH excluding ortho intramolecular Hbond substituents is 1. The van der Waals surface area contributed by atoms with Crippen LogP contribution in [0.1, 0.15) is 44.6 Å². The van der Waals surface area contributed by atoms with Crippen molar-refractivity contribution in [2.45, 2.75) is 57.6 Å². The zero-order chi connectivity index (χ0) is 14.4. The van der Waals surface area contributed by atoms with Gasteiger partial charge in [-0.2, -0.15) is 0 Å². The van der Waals surface area contributed by atoms with Gasteiger partial charge in [-0.1, -0.05) is 18.6 Å². The molecule has 2 rings (SSSR count). The number of hydrogen-bond acceptors (Lipinski definition) is 3. The maximum absolute atomic E-state index is 9.67. The average Bonchev–Trinajstić information content (AvgIpc) is 2.45. The molecular weight excluding hydrogens is 250 g/mol. The standard InChI is InChI=1S/C17H27NO2/c1-13(5-6-14-7-9-16(19)10-8-14)18-12-15-3-2-4-17(20)11-15/h7-10,13,15,17-20H,2-6,11-12H2,1H3. The molecule has 1 saturated carbocycles. The second-order valence-electron chi connectivity index (χ2n) is 6.20. The van der Waals surface area contributed by atoms with Gasteiger partial charge in [0.1, 0.15) is 5.75 Å². The van der Waals surface area contributed by atoms with Gasteiger partial charge in [0.2, 0.25) is 0 Å². The number of aryl methyl sites for hydroxylation is 1. The monoisotopic (exact) mass is 277 g/mol. The van der Waals surface area contributed by atoms with E-state index in [0.717, 1.165) is 38.6 Å². The molecule has 1 aromatic carbocycles.